The van der Waals surface area contributed by atoms with Gasteiger partial charge in [0.1, 0.15) is 4.21 Å². The maximum atomic E-state index is 12.1. The van der Waals surface area contributed by atoms with Crippen molar-refractivity contribution < 1.29 is 13.2 Å². The Kier molecular flexibility index (Phi) is 5.92. The van der Waals surface area contributed by atoms with Crippen LogP contribution in [-0.2, 0) is 21.4 Å². The van der Waals surface area contributed by atoms with Gasteiger partial charge in [-0.05, 0) is 29.5 Å². The van der Waals surface area contributed by atoms with Crippen LogP contribution in [-0.4, -0.2) is 32.3 Å². The maximum Gasteiger partial charge on any atom is 0.250 e. The number of hydrogen-bond acceptors (Lipinski definition) is 4. The summed E-state index contributed by atoms with van der Waals surface area (Å²) in [6, 6.07) is 11.1. The number of hydrogen-bond donors (Lipinski definition) is 1. The highest BCUT2D eigenvalue weighted by molar-refractivity contribution is 7.91. The molecule has 1 N–H and O–H groups in total. The van der Waals surface area contributed by atoms with Gasteiger partial charge in [-0.2, -0.15) is 0 Å². The van der Waals surface area contributed by atoms with Crippen LogP contribution in [0.2, 0.25) is 0 Å². The minimum Gasteiger partial charge on any atom is -0.337 e. The summed E-state index contributed by atoms with van der Waals surface area (Å²) in [5.74, 6) is -0.0800. The van der Waals surface area contributed by atoms with Crippen LogP contribution in [0.5, 0.6) is 0 Å². The molecule has 1 amide bonds. The molecule has 1 aromatic heterocycles. The normalized spacial score (nSPS) is 11.4. The lowest BCUT2D eigenvalue weighted by Gasteiger charge is -2.22. The van der Waals surface area contributed by atoms with Crippen molar-refractivity contribution in [1.82, 2.24) is 9.62 Å². The van der Waals surface area contributed by atoms with Crippen molar-refractivity contribution in [3.8, 4) is 0 Å². The van der Waals surface area contributed by atoms with E-state index in [1.54, 1.807) is 22.4 Å². The highest BCUT2D eigenvalue weighted by atomic mass is 32.2. The summed E-state index contributed by atoms with van der Waals surface area (Å²) in [4.78, 5) is 13.4. The summed E-state index contributed by atoms with van der Waals surface area (Å²) in [6.07, 6.45) is 0. The third-order valence-corrected chi connectivity index (χ3v) is 6.36. The number of aryl methyl sites for hydroxylation is 1. The van der Waals surface area contributed by atoms with Crippen molar-refractivity contribution in [3.05, 3.63) is 52.9 Å². The van der Waals surface area contributed by atoms with Gasteiger partial charge in [-0.3, -0.25) is 4.79 Å². The first-order chi connectivity index (χ1) is 10.9. The monoisotopic (exact) mass is 352 g/mol. The van der Waals surface area contributed by atoms with E-state index in [2.05, 4.69) is 4.72 Å². The standard InChI is InChI=1S/C16H20N2O3S2/c1-13-6-3-4-7-15(13)12-18(14(2)19)10-9-17-23(20,21)16-8-5-11-22-16/h3-8,11,17H,9-10,12H2,1-2H3. The zero-order valence-electron chi connectivity index (χ0n) is 13.2. The minimum absolute atomic E-state index is 0.0800. The quantitative estimate of drug-likeness (QED) is 0.832. The third kappa shape index (κ3) is 4.89. The predicted molar refractivity (Wildman–Crippen MR) is 91.8 cm³/mol. The Balaban J connectivity index is 1.96. The van der Waals surface area contributed by atoms with Crippen molar-refractivity contribution in [2.45, 2.75) is 24.6 Å². The molecule has 0 fully saturated rings. The van der Waals surface area contributed by atoms with Crippen LogP contribution in [0.4, 0.5) is 0 Å². The van der Waals surface area contributed by atoms with Gasteiger partial charge in [-0.15, -0.1) is 11.3 Å². The van der Waals surface area contributed by atoms with E-state index < -0.39 is 10.0 Å². The van der Waals surface area contributed by atoms with Gasteiger partial charge in [0.05, 0.1) is 0 Å². The average Bonchev–Trinajstić information content (AvgIpc) is 3.03. The number of nitrogens with one attached hydrogen (secondary N) is 1. The van der Waals surface area contributed by atoms with E-state index in [4.69, 9.17) is 0 Å². The Bertz CT molecular complexity index is 755. The van der Waals surface area contributed by atoms with E-state index in [9.17, 15) is 13.2 Å². The molecule has 0 unspecified atom stereocenters. The summed E-state index contributed by atoms with van der Waals surface area (Å²) in [5, 5.41) is 1.72. The van der Waals surface area contributed by atoms with Crippen molar-refractivity contribution in [2.75, 3.05) is 13.1 Å². The molecule has 0 spiro atoms. The molecule has 1 aromatic carbocycles. The summed E-state index contributed by atoms with van der Waals surface area (Å²) in [7, 11) is -3.49. The topological polar surface area (TPSA) is 66.5 Å². The highest BCUT2D eigenvalue weighted by Gasteiger charge is 2.16. The second-order valence-corrected chi connectivity index (χ2v) is 8.14. The number of rotatable bonds is 7. The molecule has 0 atom stereocenters. The lowest BCUT2D eigenvalue weighted by molar-refractivity contribution is -0.129. The zero-order chi connectivity index (χ0) is 16.9. The largest absolute Gasteiger partial charge is 0.337 e. The minimum atomic E-state index is -3.49. The fourth-order valence-corrected chi connectivity index (χ4v) is 4.20. The second-order valence-electron chi connectivity index (χ2n) is 5.20. The smallest absolute Gasteiger partial charge is 0.250 e. The van der Waals surface area contributed by atoms with E-state index in [1.807, 2.05) is 31.2 Å². The van der Waals surface area contributed by atoms with Crippen molar-refractivity contribution in [2.24, 2.45) is 0 Å². The molecule has 0 aliphatic rings. The van der Waals surface area contributed by atoms with Crippen LogP contribution < -0.4 is 4.72 Å². The van der Waals surface area contributed by atoms with Gasteiger partial charge in [-0.1, -0.05) is 30.3 Å². The summed E-state index contributed by atoms with van der Waals surface area (Å²) < 4.78 is 26.9. The van der Waals surface area contributed by atoms with Gasteiger partial charge in [0.2, 0.25) is 15.9 Å². The maximum absolute atomic E-state index is 12.1. The molecule has 0 saturated carbocycles. The Morgan fingerprint density at radius 2 is 1.96 bits per heavy atom. The molecule has 7 heteroatoms. The number of thiophene rings is 1. The molecule has 5 nitrogen and oxygen atoms in total. The Hall–Kier alpha value is -1.70. The molecule has 23 heavy (non-hydrogen) atoms. The molecule has 0 radical (unpaired) electrons. The van der Waals surface area contributed by atoms with Gasteiger partial charge >= 0.3 is 0 Å². The SMILES string of the molecule is CC(=O)N(CCNS(=O)(=O)c1cccs1)Cc1ccccc1C. The first-order valence-corrected chi connectivity index (χ1v) is 9.59. The van der Waals surface area contributed by atoms with E-state index in [1.165, 1.54) is 18.3 Å². The first-order valence-electron chi connectivity index (χ1n) is 7.23. The predicted octanol–water partition coefficient (Wildman–Crippen LogP) is 2.38. The van der Waals surface area contributed by atoms with E-state index >= 15 is 0 Å². The summed E-state index contributed by atoms with van der Waals surface area (Å²) in [6.45, 7) is 4.47. The number of amides is 1. The van der Waals surface area contributed by atoms with Crippen LogP contribution in [0, 0.1) is 6.92 Å². The molecule has 2 aromatic rings. The molecular formula is C16H20N2O3S2. The molecular weight excluding hydrogens is 332 g/mol. The van der Waals surface area contributed by atoms with Crippen LogP contribution in [0.3, 0.4) is 0 Å². The summed E-state index contributed by atoms with van der Waals surface area (Å²) in [5.41, 5.74) is 2.17. The molecule has 1 heterocycles. The number of sulfonamides is 1. The van der Waals surface area contributed by atoms with Crippen LogP contribution in [0.25, 0.3) is 0 Å². The van der Waals surface area contributed by atoms with Gasteiger partial charge in [0.25, 0.3) is 0 Å². The molecule has 0 aliphatic carbocycles. The Morgan fingerprint density at radius 3 is 2.57 bits per heavy atom. The van der Waals surface area contributed by atoms with Crippen molar-refractivity contribution in [3.63, 3.8) is 0 Å². The third-order valence-electron chi connectivity index (χ3n) is 3.50. The highest BCUT2D eigenvalue weighted by Crippen LogP contribution is 2.15. The number of carbonyl (C=O) groups excluding carboxylic acids is 1. The van der Waals surface area contributed by atoms with E-state index in [-0.39, 0.29) is 16.7 Å². The van der Waals surface area contributed by atoms with Crippen molar-refractivity contribution >= 4 is 27.3 Å². The van der Waals surface area contributed by atoms with Crippen LogP contribution in [0.15, 0.2) is 46.0 Å². The van der Waals surface area contributed by atoms with Crippen molar-refractivity contribution in [1.29, 1.82) is 0 Å². The van der Waals surface area contributed by atoms with Gasteiger partial charge in [0.15, 0.2) is 0 Å². The lowest BCUT2D eigenvalue weighted by Crippen LogP contribution is -2.37. The Morgan fingerprint density at radius 1 is 1.22 bits per heavy atom. The second kappa shape index (κ2) is 7.72. The van der Waals surface area contributed by atoms with Crippen LogP contribution in [0.1, 0.15) is 18.1 Å². The Labute approximate surface area is 141 Å². The van der Waals surface area contributed by atoms with Gasteiger partial charge in [0, 0.05) is 26.6 Å². The lowest BCUT2D eigenvalue weighted by atomic mass is 10.1. The van der Waals surface area contributed by atoms with Gasteiger partial charge < -0.3 is 4.90 Å². The fourth-order valence-electron chi connectivity index (χ4n) is 2.14. The van der Waals surface area contributed by atoms with E-state index in [0.29, 0.717) is 13.1 Å². The summed E-state index contributed by atoms with van der Waals surface area (Å²) >= 11 is 1.17. The molecule has 2 rings (SSSR count). The molecule has 0 saturated heterocycles. The van der Waals surface area contributed by atoms with E-state index in [0.717, 1.165) is 11.1 Å². The van der Waals surface area contributed by atoms with Gasteiger partial charge in [-0.25, -0.2) is 13.1 Å². The number of benzene rings is 1. The average molecular weight is 352 g/mol. The first kappa shape index (κ1) is 17.7. The molecule has 0 bridgehead atoms. The molecule has 0 aliphatic heterocycles. The van der Waals surface area contributed by atoms with Crippen LogP contribution >= 0.6 is 11.3 Å². The number of carbonyl (C=O) groups is 1. The number of nitrogens with zero attached hydrogens (tertiary/aromatic N) is 1. The zero-order valence-corrected chi connectivity index (χ0v) is 14.8. The fraction of sp³-hybridized carbons (Fsp3) is 0.312. The molecule has 124 valence electrons.